The summed E-state index contributed by atoms with van der Waals surface area (Å²) in [5, 5.41) is 0. The quantitative estimate of drug-likeness (QED) is 0.230. The second-order valence-electron chi connectivity index (χ2n) is 5.74. The molecule has 1 nitrogen and oxygen atoms in total. The number of pyridine rings is 1. The molecule has 1 aromatic rings. The molecule has 0 saturated carbocycles. The number of hydrogen-bond donors (Lipinski definition) is 0. The number of aryl methyl sites for hydroxylation is 1. The van der Waals surface area contributed by atoms with Crippen molar-refractivity contribution < 1.29 is 0 Å². The Bertz CT molecular complexity index is 487. The fraction of sp³-hybridized carbons (Fsp3) is 0.533. The molecule has 1 heterocycles. The van der Waals surface area contributed by atoms with Gasteiger partial charge in [0.25, 0.3) is 0 Å². The first-order valence-electron chi connectivity index (χ1n) is 7.84. The van der Waals surface area contributed by atoms with Crippen LogP contribution in [0.3, 0.4) is 0 Å². The largest absolute Gasteiger partial charge is 0.341 e. The summed E-state index contributed by atoms with van der Waals surface area (Å²) in [6.45, 7) is 0. The van der Waals surface area contributed by atoms with Gasteiger partial charge in [0.1, 0.15) is 0 Å². The van der Waals surface area contributed by atoms with Crippen molar-refractivity contribution in [3.63, 3.8) is 0 Å². The third-order valence-corrected chi connectivity index (χ3v) is 8.68. The van der Waals surface area contributed by atoms with E-state index in [0.29, 0.717) is 6.04 Å². The van der Waals surface area contributed by atoms with Crippen LogP contribution < -0.4 is 0 Å². The summed E-state index contributed by atoms with van der Waals surface area (Å²) in [6, 6.07) is 2.38. The Morgan fingerprint density at radius 2 is 1.67 bits per heavy atom. The van der Waals surface area contributed by atoms with Crippen LogP contribution in [0.2, 0.25) is 12.1 Å². The number of rotatable bonds is 6. The van der Waals surface area contributed by atoms with Crippen molar-refractivity contribution in [3.05, 3.63) is 42.2 Å². The van der Waals surface area contributed by atoms with Crippen molar-refractivity contribution in [1.29, 1.82) is 0 Å². The summed E-state index contributed by atoms with van der Waals surface area (Å²) >= 11 is 34.6. The highest BCUT2D eigenvalue weighted by Gasteiger charge is 2.26. The van der Waals surface area contributed by atoms with Crippen molar-refractivity contribution in [2.75, 3.05) is 0 Å². The highest BCUT2D eigenvalue weighted by molar-refractivity contribution is 7.65. The molecule has 1 unspecified atom stereocenters. The van der Waals surface area contributed by atoms with Gasteiger partial charge in [-0.1, -0.05) is 18.2 Å². The first kappa shape index (κ1) is 23.1. The molecule has 0 N–H and O–H groups in total. The molecule has 136 valence electrons. The molecule has 1 atom stereocenters. The Balaban J connectivity index is 0.000000240. The number of hydrogen-bond acceptors (Lipinski definition) is 1. The Morgan fingerprint density at radius 3 is 2.17 bits per heavy atom. The van der Waals surface area contributed by atoms with E-state index in [9.17, 15) is 0 Å². The molecule has 1 aromatic heterocycles. The SMILES string of the molecule is Cl[Si](Cl)(Cl)CCC1CC=CCC1.Cl[Si](Cl)(Cl)CCc1ccccn1. The number of aromatic nitrogens is 1. The minimum Gasteiger partial charge on any atom is -0.261 e. The average molecular weight is 484 g/mol. The van der Waals surface area contributed by atoms with E-state index in [2.05, 4.69) is 17.1 Å². The third-order valence-electron chi connectivity index (χ3n) is 3.60. The average Bonchev–Trinajstić information content (AvgIpc) is 2.52. The molecule has 1 aliphatic rings. The van der Waals surface area contributed by atoms with E-state index in [1.165, 1.54) is 19.3 Å². The lowest BCUT2D eigenvalue weighted by molar-refractivity contribution is 0.464. The molecule has 0 amide bonds. The van der Waals surface area contributed by atoms with Crippen molar-refractivity contribution in [3.8, 4) is 0 Å². The predicted octanol–water partition coefficient (Wildman–Crippen LogP) is 7.67. The molecular weight excluding hydrogens is 463 g/mol. The summed E-state index contributed by atoms with van der Waals surface area (Å²) in [7, 11) is 0. The van der Waals surface area contributed by atoms with E-state index < -0.39 is 12.0 Å². The van der Waals surface area contributed by atoms with Gasteiger partial charge in [0, 0.05) is 11.9 Å². The maximum Gasteiger partial charge on any atom is 0.341 e. The number of nitrogens with zero attached hydrogens (tertiary/aromatic N) is 1. The van der Waals surface area contributed by atoms with Crippen LogP contribution in [-0.4, -0.2) is 17.0 Å². The molecule has 0 radical (unpaired) electrons. The zero-order valence-corrected chi connectivity index (χ0v) is 19.7. The molecule has 0 saturated heterocycles. The number of halogens is 6. The Hall–Kier alpha value is 1.06. The van der Waals surface area contributed by atoms with Crippen LogP contribution in [0.5, 0.6) is 0 Å². The fourth-order valence-corrected chi connectivity index (χ4v) is 5.41. The van der Waals surface area contributed by atoms with Gasteiger partial charge >= 0.3 is 12.0 Å². The molecule has 2 rings (SSSR count). The first-order chi connectivity index (χ1) is 11.2. The summed E-state index contributed by atoms with van der Waals surface area (Å²) in [5.41, 5.74) is 0.983. The van der Waals surface area contributed by atoms with Crippen LogP contribution in [0, 0.1) is 5.92 Å². The normalized spacial score (nSPS) is 18.0. The monoisotopic (exact) mass is 481 g/mol. The first-order valence-corrected chi connectivity index (χ1v) is 18.3. The topological polar surface area (TPSA) is 12.9 Å². The van der Waals surface area contributed by atoms with E-state index in [1.54, 1.807) is 6.20 Å². The van der Waals surface area contributed by atoms with Crippen LogP contribution in [0.15, 0.2) is 36.5 Å². The van der Waals surface area contributed by atoms with Gasteiger partial charge in [0.15, 0.2) is 0 Å². The van der Waals surface area contributed by atoms with Gasteiger partial charge in [-0.15, -0.1) is 66.5 Å². The lowest BCUT2D eigenvalue weighted by Crippen LogP contribution is -2.12. The van der Waals surface area contributed by atoms with Gasteiger partial charge in [0.2, 0.25) is 0 Å². The molecule has 0 fully saturated rings. The van der Waals surface area contributed by atoms with Crippen molar-refractivity contribution in [2.24, 2.45) is 5.92 Å². The zero-order valence-electron chi connectivity index (χ0n) is 13.2. The maximum absolute atomic E-state index is 5.80. The van der Waals surface area contributed by atoms with Crippen LogP contribution in [0.1, 0.15) is 31.4 Å². The van der Waals surface area contributed by atoms with Crippen LogP contribution in [0.4, 0.5) is 0 Å². The molecule has 24 heavy (non-hydrogen) atoms. The minimum atomic E-state index is -2.46. The summed E-state index contributed by atoms with van der Waals surface area (Å²) < 4.78 is 0. The molecule has 9 heteroatoms. The van der Waals surface area contributed by atoms with Gasteiger partial charge in [-0.25, -0.2) is 0 Å². The highest BCUT2D eigenvalue weighted by Crippen LogP contribution is 2.32. The van der Waals surface area contributed by atoms with Gasteiger partial charge in [-0.3, -0.25) is 4.98 Å². The van der Waals surface area contributed by atoms with E-state index >= 15 is 0 Å². The Morgan fingerprint density at radius 1 is 0.958 bits per heavy atom. The van der Waals surface area contributed by atoms with Crippen LogP contribution >= 0.6 is 66.5 Å². The Kier molecular flexibility index (Phi) is 11.3. The van der Waals surface area contributed by atoms with Gasteiger partial charge < -0.3 is 0 Å². The summed E-state index contributed by atoms with van der Waals surface area (Å²) in [5.74, 6) is 0.762. The fourth-order valence-electron chi connectivity index (χ4n) is 2.30. The van der Waals surface area contributed by atoms with E-state index in [0.717, 1.165) is 30.5 Å². The second kappa shape index (κ2) is 11.7. The third kappa shape index (κ3) is 13.3. The van der Waals surface area contributed by atoms with Gasteiger partial charge in [0.05, 0.1) is 0 Å². The predicted molar refractivity (Wildman–Crippen MR) is 115 cm³/mol. The van der Waals surface area contributed by atoms with Crippen molar-refractivity contribution >= 4 is 78.5 Å². The van der Waals surface area contributed by atoms with Gasteiger partial charge in [-0.2, -0.15) is 0 Å². The molecule has 0 spiro atoms. The van der Waals surface area contributed by atoms with Crippen molar-refractivity contribution in [1.82, 2.24) is 4.98 Å². The van der Waals surface area contributed by atoms with E-state index in [1.807, 2.05) is 18.2 Å². The summed E-state index contributed by atoms with van der Waals surface area (Å²) in [4.78, 5) is 4.13. The van der Waals surface area contributed by atoms with Crippen molar-refractivity contribution in [2.45, 2.75) is 44.2 Å². The van der Waals surface area contributed by atoms with Crippen LogP contribution in [-0.2, 0) is 6.42 Å². The summed E-state index contributed by atoms with van der Waals surface area (Å²) in [6.07, 6.45) is 11.7. The zero-order chi connectivity index (χ0) is 18.1. The molecule has 0 aliphatic heterocycles. The van der Waals surface area contributed by atoms with Crippen LogP contribution in [0.25, 0.3) is 0 Å². The lowest BCUT2D eigenvalue weighted by Gasteiger charge is -2.18. The molecule has 1 aliphatic carbocycles. The molecule has 0 aromatic carbocycles. The smallest absolute Gasteiger partial charge is 0.261 e. The molecular formula is C15H21Cl6NSi2. The second-order valence-corrected chi connectivity index (χ2v) is 24.3. The standard InChI is InChI=1S/C8H13Cl3Si.C7H8Cl3NSi/c9-12(10,11)7-6-8-4-2-1-3-5-8;8-12(9,10)6-4-7-3-1-2-5-11-7/h1-2,8H,3-7H2;1-3,5H,4,6H2. The van der Waals surface area contributed by atoms with E-state index in [4.69, 9.17) is 66.5 Å². The van der Waals surface area contributed by atoms with Gasteiger partial charge in [-0.05, 0) is 62.2 Å². The maximum atomic E-state index is 5.80. The highest BCUT2D eigenvalue weighted by atomic mass is 35.8. The molecule has 0 bridgehead atoms. The minimum absolute atomic E-state index is 0.634. The van der Waals surface area contributed by atoms with E-state index in [-0.39, 0.29) is 0 Å². The lowest BCUT2D eigenvalue weighted by atomic mass is 9.92. The number of allylic oxidation sites excluding steroid dienone is 2. The Labute approximate surface area is 174 Å².